The van der Waals surface area contributed by atoms with E-state index in [1.165, 1.54) is 6.20 Å². The molecule has 0 aliphatic carbocycles. The minimum atomic E-state index is -0.325. The van der Waals surface area contributed by atoms with Gasteiger partial charge in [0.2, 0.25) is 5.95 Å². The fraction of sp³-hybridized carbons (Fsp3) is 0.190. The first-order valence-corrected chi connectivity index (χ1v) is 8.85. The highest BCUT2D eigenvalue weighted by atomic mass is 16.5. The van der Waals surface area contributed by atoms with E-state index < -0.39 is 0 Å². The summed E-state index contributed by atoms with van der Waals surface area (Å²) in [5.41, 5.74) is 1.67. The van der Waals surface area contributed by atoms with Crippen LogP contribution >= 0.6 is 0 Å². The number of hydrogen-bond acceptors (Lipinski definition) is 6. The minimum Gasteiger partial charge on any atom is -0.497 e. The molecule has 0 radical (unpaired) electrons. The molecule has 0 aliphatic rings. The van der Waals surface area contributed by atoms with Gasteiger partial charge in [0.05, 0.1) is 13.2 Å². The number of methoxy groups -OCH3 is 1. The maximum Gasteiger partial charge on any atom is 0.274 e. The van der Waals surface area contributed by atoms with E-state index in [-0.39, 0.29) is 17.7 Å². The zero-order chi connectivity index (χ0) is 19.9. The van der Waals surface area contributed by atoms with Crippen molar-refractivity contribution < 1.29 is 14.3 Å². The van der Waals surface area contributed by atoms with Crippen LogP contribution in [-0.4, -0.2) is 29.1 Å². The molecule has 0 bridgehead atoms. The van der Waals surface area contributed by atoms with E-state index in [4.69, 9.17) is 9.47 Å². The van der Waals surface area contributed by atoms with Gasteiger partial charge in [0.25, 0.3) is 5.91 Å². The number of nitrogens with zero attached hydrogens (tertiary/aromatic N) is 2. The number of carbonyl (C=O) groups is 1. The van der Waals surface area contributed by atoms with Crippen LogP contribution in [0.3, 0.4) is 0 Å². The van der Waals surface area contributed by atoms with Crippen molar-refractivity contribution in [2.75, 3.05) is 17.7 Å². The zero-order valence-electron chi connectivity index (χ0n) is 16.0. The number of hydrogen-bond donors (Lipinski definition) is 2. The van der Waals surface area contributed by atoms with Gasteiger partial charge in [-0.2, -0.15) is 0 Å². The van der Waals surface area contributed by atoms with E-state index in [0.717, 1.165) is 11.4 Å². The van der Waals surface area contributed by atoms with Crippen LogP contribution in [-0.2, 0) is 0 Å². The minimum absolute atomic E-state index is 0.0944. The summed E-state index contributed by atoms with van der Waals surface area (Å²) < 4.78 is 10.8. The summed E-state index contributed by atoms with van der Waals surface area (Å²) in [6.45, 7) is 3.92. The third kappa shape index (κ3) is 5.20. The van der Waals surface area contributed by atoms with E-state index >= 15 is 0 Å². The third-order valence-electron chi connectivity index (χ3n) is 3.70. The number of anilines is 3. The molecule has 0 fully saturated rings. The SMILES string of the molecule is COc1cccc(Nc2nccc(C(=O)Nc3ccc(OC(C)C)cc3)n2)c1. The zero-order valence-corrected chi connectivity index (χ0v) is 16.0. The summed E-state index contributed by atoms with van der Waals surface area (Å²) in [4.78, 5) is 20.9. The molecule has 0 atom stereocenters. The average molecular weight is 378 g/mol. The van der Waals surface area contributed by atoms with Crippen molar-refractivity contribution in [1.82, 2.24) is 9.97 Å². The number of ether oxygens (including phenoxy) is 2. The van der Waals surface area contributed by atoms with Crippen molar-refractivity contribution in [3.63, 3.8) is 0 Å². The van der Waals surface area contributed by atoms with Gasteiger partial charge in [-0.3, -0.25) is 4.79 Å². The molecule has 7 nitrogen and oxygen atoms in total. The van der Waals surface area contributed by atoms with E-state index in [9.17, 15) is 4.79 Å². The Kier molecular flexibility index (Phi) is 6.06. The summed E-state index contributed by atoms with van der Waals surface area (Å²) in [7, 11) is 1.60. The lowest BCUT2D eigenvalue weighted by Gasteiger charge is -2.11. The highest BCUT2D eigenvalue weighted by Crippen LogP contribution is 2.20. The van der Waals surface area contributed by atoms with E-state index in [1.54, 1.807) is 25.3 Å². The van der Waals surface area contributed by atoms with Gasteiger partial charge < -0.3 is 20.1 Å². The highest BCUT2D eigenvalue weighted by Gasteiger charge is 2.10. The number of benzene rings is 2. The molecule has 144 valence electrons. The van der Waals surface area contributed by atoms with Crippen LogP contribution in [0.15, 0.2) is 60.8 Å². The molecule has 7 heteroatoms. The van der Waals surface area contributed by atoms with Gasteiger partial charge in [-0.15, -0.1) is 0 Å². The lowest BCUT2D eigenvalue weighted by molar-refractivity contribution is 0.102. The van der Waals surface area contributed by atoms with Crippen molar-refractivity contribution >= 4 is 23.2 Å². The first kappa shape index (κ1) is 19.2. The van der Waals surface area contributed by atoms with Gasteiger partial charge in [-0.1, -0.05) is 6.07 Å². The fourth-order valence-electron chi connectivity index (χ4n) is 2.46. The highest BCUT2D eigenvalue weighted by molar-refractivity contribution is 6.03. The molecule has 0 saturated heterocycles. The predicted octanol–water partition coefficient (Wildman–Crippen LogP) is 4.27. The molecule has 3 rings (SSSR count). The van der Waals surface area contributed by atoms with Crippen molar-refractivity contribution in [2.45, 2.75) is 20.0 Å². The Labute approximate surface area is 163 Å². The van der Waals surface area contributed by atoms with Gasteiger partial charge in [0.1, 0.15) is 17.2 Å². The molecule has 2 aromatic carbocycles. The molecule has 0 unspecified atom stereocenters. The summed E-state index contributed by atoms with van der Waals surface area (Å²) >= 11 is 0. The predicted molar refractivity (Wildman–Crippen MR) is 108 cm³/mol. The molecule has 28 heavy (non-hydrogen) atoms. The van der Waals surface area contributed by atoms with E-state index in [1.807, 2.05) is 50.2 Å². The van der Waals surface area contributed by atoms with Crippen LogP contribution in [0.1, 0.15) is 24.3 Å². The number of rotatable bonds is 7. The summed E-state index contributed by atoms with van der Waals surface area (Å²) in [6.07, 6.45) is 1.63. The summed E-state index contributed by atoms with van der Waals surface area (Å²) in [5, 5.41) is 5.88. The molecule has 0 spiro atoms. The Morgan fingerprint density at radius 1 is 1.00 bits per heavy atom. The van der Waals surface area contributed by atoms with Gasteiger partial charge >= 0.3 is 0 Å². The summed E-state index contributed by atoms with van der Waals surface area (Å²) in [6, 6.07) is 16.1. The molecule has 2 N–H and O–H groups in total. The molecular formula is C21H22N4O3. The van der Waals surface area contributed by atoms with Crippen molar-refractivity contribution in [3.05, 3.63) is 66.5 Å². The van der Waals surface area contributed by atoms with Gasteiger partial charge in [-0.25, -0.2) is 9.97 Å². The molecule has 1 aromatic heterocycles. The van der Waals surface area contributed by atoms with Crippen LogP contribution in [0.4, 0.5) is 17.3 Å². The Morgan fingerprint density at radius 3 is 2.50 bits per heavy atom. The van der Waals surface area contributed by atoms with Crippen LogP contribution in [0.25, 0.3) is 0 Å². The Balaban J connectivity index is 1.68. The second kappa shape index (κ2) is 8.85. The number of aromatic nitrogens is 2. The Bertz CT molecular complexity index is 942. The first-order valence-electron chi connectivity index (χ1n) is 8.85. The normalized spacial score (nSPS) is 10.4. The maximum absolute atomic E-state index is 12.5. The van der Waals surface area contributed by atoms with Crippen molar-refractivity contribution in [1.29, 1.82) is 0 Å². The van der Waals surface area contributed by atoms with Crippen LogP contribution in [0.5, 0.6) is 11.5 Å². The molecule has 1 amide bonds. The van der Waals surface area contributed by atoms with Crippen LogP contribution in [0.2, 0.25) is 0 Å². The average Bonchev–Trinajstić information content (AvgIpc) is 2.69. The fourth-order valence-corrected chi connectivity index (χ4v) is 2.46. The Morgan fingerprint density at radius 2 is 1.79 bits per heavy atom. The number of amides is 1. The van der Waals surface area contributed by atoms with Gasteiger partial charge in [-0.05, 0) is 56.3 Å². The summed E-state index contributed by atoms with van der Waals surface area (Å²) in [5.74, 6) is 1.46. The van der Waals surface area contributed by atoms with Gasteiger partial charge in [0, 0.05) is 23.6 Å². The molecule has 0 aliphatic heterocycles. The van der Waals surface area contributed by atoms with Crippen molar-refractivity contribution in [2.24, 2.45) is 0 Å². The van der Waals surface area contributed by atoms with Crippen LogP contribution in [0, 0.1) is 0 Å². The monoisotopic (exact) mass is 378 g/mol. The Hall–Kier alpha value is -3.61. The second-order valence-electron chi connectivity index (χ2n) is 6.27. The lowest BCUT2D eigenvalue weighted by atomic mass is 10.3. The molecule has 0 saturated carbocycles. The largest absolute Gasteiger partial charge is 0.497 e. The quantitative estimate of drug-likeness (QED) is 0.639. The molecule has 1 heterocycles. The van der Waals surface area contributed by atoms with E-state index in [2.05, 4.69) is 20.6 Å². The van der Waals surface area contributed by atoms with Gasteiger partial charge in [0.15, 0.2) is 0 Å². The van der Waals surface area contributed by atoms with E-state index in [0.29, 0.717) is 17.4 Å². The topological polar surface area (TPSA) is 85.4 Å². The number of carbonyl (C=O) groups excluding carboxylic acids is 1. The molecular weight excluding hydrogens is 356 g/mol. The van der Waals surface area contributed by atoms with Crippen molar-refractivity contribution in [3.8, 4) is 11.5 Å². The van der Waals surface area contributed by atoms with Crippen LogP contribution < -0.4 is 20.1 Å². The lowest BCUT2D eigenvalue weighted by Crippen LogP contribution is -2.14. The number of nitrogens with one attached hydrogen (secondary N) is 2. The first-order chi connectivity index (χ1) is 13.5. The molecule has 3 aromatic rings. The third-order valence-corrected chi connectivity index (χ3v) is 3.70. The standard InChI is InChI=1S/C21H22N4O3/c1-14(2)28-17-9-7-15(8-10-17)23-20(26)19-11-12-22-21(25-19)24-16-5-4-6-18(13-16)27-3/h4-14H,1-3H3,(H,23,26)(H,22,24,25). The maximum atomic E-state index is 12.5. The smallest absolute Gasteiger partial charge is 0.274 e. The second-order valence-corrected chi connectivity index (χ2v) is 6.27.